The van der Waals surface area contributed by atoms with Gasteiger partial charge in [0, 0.05) is 0 Å². The lowest BCUT2D eigenvalue weighted by atomic mass is 9.76. The summed E-state index contributed by atoms with van der Waals surface area (Å²) in [5.74, 6) is 0.625. The fourth-order valence-electron chi connectivity index (χ4n) is 1.77. The molecule has 1 rings (SSSR count). The fourth-order valence-corrected chi connectivity index (χ4v) is 1.77. The molecule has 3 atom stereocenters. The van der Waals surface area contributed by atoms with Crippen molar-refractivity contribution in [2.24, 2.45) is 17.8 Å². The summed E-state index contributed by atoms with van der Waals surface area (Å²) < 4.78 is 0. The normalized spacial score (nSPS) is 35.3. The van der Waals surface area contributed by atoms with Crippen molar-refractivity contribution >= 4 is 18.4 Å². The first-order valence-corrected chi connectivity index (χ1v) is 4.34. The van der Waals surface area contributed by atoms with Gasteiger partial charge in [0.2, 0.25) is 0 Å². The SMILES string of the molecule is CC1CCC(C(=O)O)CC1C.Cl. The molecule has 1 aliphatic rings. The van der Waals surface area contributed by atoms with Gasteiger partial charge < -0.3 is 5.11 Å². The first kappa shape index (κ1) is 11.8. The van der Waals surface area contributed by atoms with Gasteiger partial charge in [0.25, 0.3) is 0 Å². The van der Waals surface area contributed by atoms with Crippen LogP contribution in [0.4, 0.5) is 0 Å². The molecule has 0 aromatic carbocycles. The van der Waals surface area contributed by atoms with Crippen LogP contribution in [0.2, 0.25) is 0 Å². The minimum atomic E-state index is -0.608. The lowest BCUT2D eigenvalue weighted by Crippen LogP contribution is -2.25. The third kappa shape index (κ3) is 2.67. The van der Waals surface area contributed by atoms with Gasteiger partial charge in [-0.2, -0.15) is 0 Å². The lowest BCUT2D eigenvalue weighted by Gasteiger charge is -2.29. The number of hydrogen-bond acceptors (Lipinski definition) is 1. The highest BCUT2D eigenvalue weighted by molar-refractivity contribution is 5.85. The molecule has 0 radical (unpaired) electrons. The Labute approximate surface area is 79.8 Å². The molecule has 3 heteroatoms. The van der Waals surface area contributed by atoms with Gasteiger partial charge in [0.15, 0.2) is 0 Å². The summed E-state index contributed by atoms with van der Waals surface area (Å²) in [5, 5.41) is 8.74. The van der Waals surface area contributed by atoms with Crippen molar-refractivity contribution in [1.82, 2.24) is 0 Å². The zero-order valence-electron chi connectivity index (χ0n) is 7.62. The lowest BCUT2D eigenvalue weighted by molar-refractivity contribution is -0.143. The molecule has 0 aromatic rings. The first-order chi connectivity index (χ1) is 5.11. The van der Waals surface area contributed by atoms with E-state index in [1.165, 1.54) is 0 Å². The van der Waals surface area contributed by atoms with Crippen LogP contribution < -0.4 is 0 Å². The molecule has 2 nitrogen and oxygen atoms in total. The second-order valence-corrected chi connectivity index (χ2v) is 3.80. The van der Waals surface area contributed by atoms with E-state index in [0.29, 0.717) is 11.8 Å². The molecule has 12 heavy (non-hydrogen) atoms. The standard InChI is InChI=1S/C9H16O2.ClH/c1-6-3-4-8(9(10)11)5-7(6)2;/h6-8H,3-5H2,1-2H3,(H,10,11);1H. The Bertz CT molecular complexity index is 159. The molecule has 0 saturated heterocycles. The average Bonchev–Trinajstić information content (AvgIpc) is 1.94. The number of carbonyl (C=O) groups is 1. The molecular weight excluding hydrogens is 176 g/mol. The minimum absolute atomic E-state index is 0. The molecular formula is C9H17ClO2. The van der Waals surface area contributed by atoms with Crippen LogP contribution in [-0.4, -0.2) is 11.1 Å². The van der Waals surface area contributed by atoms with Crippen LogP contribution in [-0.2, 0) is 4.79 Å². The predicted octanol–water partition coefficient (Wildman–Crippen LogP) is 2.57. The summed E-state index contributed by atoms with van der Waals surface area (Å²) in [7, 11) is 0. The van der Waals surface area contributed by atoms with Gasteiger partial charge in [-0.3, -0.25) is 4.79 Å². The van der Waals surface area contributed by atoms with E-state index in [4.69, 9.17) is 5.11 Å². The Kier molecular flexibility index (Phi) is 4.61. The van der Waals surface area contributed by atoms with Gasteiger partial charge >= 0.3 is 5.97 Å². The van der Waals surface area contributed by atoms with Crippen LogP contribution in [0.25, 0.3) is 0 Å². The molecule has 0 aliphatic heterocycles. The zero-order chi connectivity index (χ0) is 8.43. The van der Waals surface area contributed by atoms with Crippen molar-refractivity contribution in [1.29, 1.82) is 0 Å². The van der Waals surface area contributed by atoms with Crippen molar-refractivity contribution in [3.05, 3.63) is 0 Å². The summed E-state index contributed by atoms with van der Waals surface area (Å²) >= 11 is 0. The summed E-state index contributed by atoms with van der Waals surface area (Å²) in [6.07, 6.45) is 2.83. The van der Waals surface area contributed by atoms with Crippen molar-refractivity contribution in [2.75, 3.05) is 0 Å². The van der Waals surface area contributed by atoms with E-state index in [1.54, 1.807) is 0 Å². The van der Waals surface area contributed by atoms with Gasteiger partial charge in [-0.1, -0.05) is 13.8 Å². The second-order valence-electron chi connectivity index (χ2n) is 3.80. The second kappa shape index (κ2) is 4.70. The van der Waals surface area contributed by atoms with Crippen LogP contribution in [0.3, 0.4) is 0 Å². The highest BCUT2D eigenvalue weighted by atomic mass is 35.5. The van der Waals surface area contributed by atoms with Gasteiger partial charge in [-0.25, -0.2) is 0 Å². The van der Waals surface area contributed by atoms with E-state index < -0.39 is 5.97 Å². The number of aliphatic carboxylic acids is 1. The molecule has 1 N–H and O–H groups in total. The number of carboxylic acids is 1. The Morgan fingerprint density at radius 1 is 1.25 bits per heavy atom. The van der Waals surface area contributed by atoms with Crippen LogP contribution in [0.5, 0.6) is 0 Å². The predicted molar refractivity (Wildman–Crippen MR) is 50.6 cm³/mol. The van der Waals surface area contributed by atoms with E-state index in [1.807, 2.05) is 0 Å². The topological polar surface area (TPSA) is 37.3 Å². The Morgan fingerprint density at radius 3 is 2.25 bits per heavy atom. The van der Waals surface area contributed by atoms with E-state index >= 15 is 0 Å². The molecule has 1 saturated carbocycles. The molecule has 0 bridgehead atoms. The molecule has 72 valence electrons. The third-order valence-electron chi connectivity index (χ3n) is 2.95. The first-order valence-electron chi connectivity index (χ1n) is 4.34. The maximum atomic E-state index is 10.6. The zero-order valence-corrected chi connectivity index (χ0v) is 8.43. The highest BCUT2D eigenvalue weighted by Gasteiger charge is 2.28. The van der Waals surface area contributed by atoms with Gasteiger partial charge in [0.1, 0.15) is 0 Å². The summed E-state index contributed by atoms with van der Waals surface area (Å²) in [4.78, 5) is 10.6. The van der Waals surface area contributed by atoms with Crippen molar-refractivity contribution in [3.63, 3.8) is 0 Å². The summed E-state index contributed by atoms with van der Waals surface area (Å²) in [6.45, 7) is 4.36. The summed E-state index contributed by atoms with van der Waals surface area (Å²) in [5.41, 5.74) is 0. The molecule has 0 aromatic heterocycles. The van der Waals surface area contributed by atoms with Crippen molar-refractivity contribution < 1.29 is 9.90 Å². The Balaban J connectivity index is 0.00000121. The van der Waals surface area contributed by atoms with E-state index in [2.05, 4.69) is 13.8 Å². The van der Waals surface area contributed by atoms with Gasteiger partial charge in [0.05, 0.1) is 5.92 Å². The molecule has 1 fully saturated rings. The van der Waals surface area contributed by atoms with Crippen LogP contribution in [0, 0.1) is 17.8 Å². The van der Waals surface area contributed by atoms with Crippen LogP contribution in [0.15, 0.2) is 0 Å². The monoisotopic (exact) mass is 192 g/mol. The minimum Gasteiger partial charge on any atom is -0.481 e. The number of rotatable bonds is 1. The molecule has 3 unspecified atom stereocenters. The molecule has 0 heterocycles. The van der Waals surface area contributed by atoms with Crippen molar-refractivity contribution in [2.45, 2.75) is 33.1 Å². The number of hydrogen-bond donors (Lipinski definition) is 1. The molecule has 1 aliphatic carbocycles. The van der Waals surface area contributed by atoms with Crippen LogP contribution >= 0.6 is 12.4 Å². The Hall–Kier alpha value is -0.240. The highest BCUT2D eigenvalue weighted by Crippen LogP contribution is 2.33. The van der Waals surface area contributed by atoms with Gasteiger partial charge in [-0.05, 0) is 31.1 Å². The largest absolute Gasteiger partial charge is 0.481 e. The molecule has 0 spiro atoms. The summed E-state index contributed by atoms with van der Waals surface area (Å²) in [6, 6.07) is 0. The number of carboxylic acid groups (broad SMARTS) is 1. The van der Waals surface area contributed by atoms with E-state index in [9.17, 15) is 4.79 Å². The fraction of sp³-hybridized carbons (Fsp3) is 0.889. The van der Waals surface area contributed by atoms with E-state index in [-0.39, 0.29) is 18.3 Å². The maximum absolute atomic E-state index is 10.6. The molecule has 0 amide bonds. The Morgan fingerprint density at radius 2 is 1.83 bits per heavy atom. The quantitative estimate of drug-likeness (QED) is 0.694. The third-order valence-corrected chi connectivity index (χ3v) is 2.95. The average molecular weight is 193 g/mol. The maximum Gasteiger partial charge on any atom is 0.306 e. The van der Waals surface area contributed by atoms with Crippen LogP contribution in [0.1, 0.15) is 33.1 Å². The van der Waals surface area contributed by atoms with Gasteiger partial charge in [-0.15, -0.1) is 12.4 Å². The number of halogens is 1. The smallest absolute Gasteiger partial charge is 0.306 e. The van der Waals surface area contributed by atoms with E-state index in [0.717, 1.165) is 19.3 Å². The van der Waals surface area contributed by atoms with Crippen molar-refractivity contribution in [3.8, 4) is 0 Å².